The van der Waals surface area contributed by atoms with E-state index < -0.39 is 12.4 Å². The molecule has 6 heterocycles. The first-order valence-corrected chi connectivity index (χ1v) is 16.6. The Kier molecular flexibility index (Phi) is 7.66. The summed E-state index contributed by atoms with van der Waals surface area (Å²) >= 11 is 0. The molecule has 4 aliphatic rings. The highest BCUT2D eigenvalue weighted by Gasteiger charge is 2.33. The van der Waals surface area contributed by atoms with Gasteiger partial charge in [-0.05, 0) is 73.2 Å². The molecule has 4 aromatic rings. The number of piperazine rings is 1. The van der Waals surface area contributed by atoms with Gasteiger partial charge in [0, 0.05) is 69.3 Å². The third-order valence-electron chi connectivity index (χ3n) is 10.3. The molecule has 246 valence electrons. The largest absolute Gasteiger partial charge is 0.392 e. The zero-order valence-electron chi connectivity index (χ0n) is 26.6. The van der Waals surface area contributed by atoms with E-state index in [0.29, 0.717) is 58.7 Å². The lowest BCUT2D eigenvalue weighted by Crippen LogP contribution is -2.56. The van der Waals surface area contributed by atoms with E-state index in [1.54, 1.807) is 24.2 Å². The van der Waals surface area contributed by atoms with Crippen molar-refractivity contribution in [2.24, 2.45) is 7.05 Å². The van der Waals surface area contributed by atoms with Crippen molar-refractivity contribution in [1.82, 2.24) is 19.0 Å². The molecule has 3 N–H and O–H groups in total. The van der Waals surface area contributed by atoms with Crippen LogP contribution in [0.1, 0.15) is 40.2 Å². The zero-order chi connectivity index (χ0) is 32.2. The number of carbonyl (C=O) groups is 1. The topological polar surface area (TPSA) is 111 Å². The standard InChI is InChI=1S/C35H40FN7O4/c1-39-18-23(14-28(34(39)45)37-32-6-7-33(38-32)41-10-8-40(9-11-41)25-20-47-21-25)26-16-24(36)17-30(27(26)19-44)43-13-12-42-29-5-3-2-4-22(29)15-31(42)35(43)46/h6-7,14-18,25,37-38,44H,2-5,8-13,19-21H2,1H3. The Labute approximate surface area is 272 Å². The van der Waals surface area contributed by atoms with E-state index in [9.17, 15) is 14.7 Å². The number of rotatable bonds is 7. The third kappa shape index (κ3) is 5.34. The van der Waals surface area contributed by atoms with Crippen LogP contribution in [0.5, 0.6) is 0 Å². The first-order chi connectivity index (χ1) is 22.9. The minimum Gasteiger partial charge on any atom is -0.392 e. The quantitative estimate of drug-likeness (QED) is 0.283. The van der Waals surface area contributed by atoms with Crippen LogP contribution >= 0.6 is 0 Å². The predicted octanol–water partition coefficient (Wildman–Crippen LogP) is 3.62. The number of ether oxygens (including phenoxy) is 1. The Bertz CT molecular complexity index is 1900. The van der Waals surface area contributed by atoms with E-state index in [4.69, 9.17) is 4.74 Å². The molecule has 2 saturated heterocycles. The van der Waals surface area contributed by atoms with Crippen LogP contribution in [0.3, 0.4) is 0 Å². The van der Waals surface area contributed by atoms with Crippen LogP contribution < -0.4 is 20.7 Å². The predicted molar refractivity (Wildman–Crippen MR) is 178 cm³/mol. The number of hydrogen-bond acceptors (Lipinski definition) is 7. The fourth-order valence-corrected chi connectivity index (χ4v) is 7.65. The maximum atomic E-state index is 15.4. The van der Waals surface area contributed by atoms with Crippen molar-refractivity contribution >= 4 is 28.9 Å². The summed E-state index contributed by atoms with van der Waals surface area (Å²) in [6.45, 7) is 5.95. The van der Waals surface area contributed by atoms with E-state index in [-0.39, 0.29) is 11.5 Å². The lowest BCUT2D eigenvalue weighted by molar-refractivity contribution is -0.0660. The second kappa shape index (κ2) is 12.0. The normalized spacial score (nSPS) is 18.7. The monoisotopic (exact) mass is 641 g/mol. The highest BCUT2D eigenvalue weighted by Crippen LogP contribution is 2.37. The van der Waals surface area contributed by atoms with E-state index in [2.05, 4.69) is 24.7 Å². The van der Waals surface area contributed by atoms with Crippen LogP contribution in [0.4, 0.5) is 27.4 Å². The molecule has 0 radical (unpaired) electrons. The second-order valence-electron chi connectivity index (χ2n) is 13.1. The Morgan fingerprint density at radius 2 is 1.81 bits per heavy atom. The lowest BCUT2D eigenvalue weighted by Gasteiger charge is -2.42. The molecule has 3 aliphatic heterocycles. The molecule has 2 fully saturated rings. The minimum absolute atomic E-state index is 0.194. The maximum Gasteiger partial charge on any atom is 0.274 e. The van der Waals surface area contributed by atoms with E-state index >= 15 is 4.39 Å². The van der Waals surface area contributed by atoms with Crippen LogP contribution in [-0.2, 0) is 37.8 Å². The smallest absolute Gasteiger partial charge is 0.274 e. The van der Waals surface area contributed by atoms with Gasteiger partial charge in [-0.15, -0.1) is 0 Å². The Morgan fingerprint density at radius 1 is 1.00 bits per heavy atom. The molecule has 0 saturated carbocycles. The average Bonchev–Trinajstić information content (AvgIpc) is 3.68. The second-order valence-corrected chi connectivity index (χ2v) is 13.1. The van der Waals surface area contributed by atoms with Crippen LogP contribution in [-0.4, -0.2) is 82.0 Å². The van der Waals surface area contributed by atoms with Gasteiger partial charge in [0.05, 0.1) is 31.5 Å². The minimum atomic E-state index is -0.525. The van der Waals surface area contributed by atoms with Gasteiger partial charge in [0.1, 0.15) is 28.8 Å². The molecule has 0 spiro atoms. The number of aliphatic hydroxyl groups is 1. The number of H-pyrrole nitrogens is 1. The molecular formula is C35H40FN7O4. The molecule has 0 atom stereocenters. The van der Waals surface area contributed by atoms with E-state index in [1.165, 1.54) is 28.0 Å². The van der Waals surface area contributed by atoms with Gasteiger partial charge in [-0.1, -0.05) is 0 Å². The van der Waals surface area contributed by atoms with Crippen molar-refractivity contribution in [3.63, 3.8) is 0 Å². The van der Waals surface area contributed by atoms with Crippen molar-refractivity contribution < 1.29 is 19.0 Å². The fourth-order valence-electron chi connectivity index (χ4n) is 7.65. The Balaban J connectivity index is 1.07. The van der Waals surface area contributed by atoms with Crippen LogP contribution in [0, 0.1) is 5.82 Å². The number of carbonyl (C=O) groups excluding carboxylic acids is 1. The number of nitrogens with one attached hydrogen (secondary N) is 2. The van der Waals surface area contributed by atoms with Gasteiger partial charge in [-0.25, -0.2) is 4.39 Å². The van der Waals surface area contributed by atoms with Gasteiger partial charge in [-0.3, -0.25) is 14.5 Å². The van der Waals surface area contributed by atoms with Gasteiger partial charge in [-0.2, -0.15) is 0 Å². The van der Waals surface area contributed by atoms with Crippen LogP contribution in [0.15, 0.2) is 47.4 Å². The molecule has 1 aliphatic carbocycles. The number of amides is 1. The lowest BCUT2D eigenvalue weighted by atomic mass is 9.97. The van der Waals surface area contributed by atoms with Gasteiger partial charge < -0.3 is 39.1 Å². The highest BCUT2D eigenvalue weighted by molar-refractivity contribution is 6.07. The summed E-state index contributed by atoms with van der Waals surface area (Å²) in [5.74, 6) is 0.916. The molecule has 11 nitrogen and oxygen atoms in total. The molecule has 0 unspecified atom stereocenters. The summed E-state index contributed by atoms with van der Waals surface area (Å²) in [4.78, 5) is 36.8. The number of aromatic amines is 1. The number of benzene rings is 1. The van der Waals surface area contributed by atoms with Crippen LogP contribution in [0.2, 0.25) is 0 Å². The number of pyridine rings is 1. The van der Waals surface area contributed by atoms with Crippen LogP contribution in [0.25, 0.3) is 11.1 Å². The Morgan fingerprint density at radius 3 is 2.57 bits per heavy atom. The molecular weight excluding hydrogens is 601 g/mol. The fraction of sp³-hybridized carbons (Fsp3) is 0.429. The van der Waals surface area contributed by atoms with Gasteiger partial charge >= 0.3 is 0 Å². The molecule has 1 amide bonds. The zero-order valence-corrected chi connectivity index (χ0v) is 26.6. The molecule has 47 heavy (non-hydrogen) atoms. The number of fused-ring (bicyclic) bond motifs is 3. The number of hydrogen-bond donors (Lipinski definition) is 3. The molecule has 12 heteroatoms. The summed E-state index contributed by atoms with van der Waals surface area (Å²) < 4.78 is 24.3. The number of anilines is 4. The first-order valence-electron chi connectivity index (χ1n) is 16.6. The van der Waals surface area contributed by atoms with Crippen molar-refractivity contribution in [2.45, 2.75) is 44.9 Å². The van der Waals surface area contributed by atoms with Gasteiger partial charge in [0.15, 0.2) is 0 Å². The summed E-state index contributed by atoms with van der Waals surface area (Å²) in [7, 11) is 1.65. The van der Waals surface area contributed by atoms with E-state index in [1.807, 2.05) is 18.2 Å². The number of nitrogens with zero attached hydrogens (tertiary/aromatic N) is 5. The summed E-state index contributed by atoms with van der Waals surface area (Å²) in [6, 6.07) is 10.8. The van der Waals surface area contributed by atoms with Gasteiger partial charge in [0.2, 0.25) is 0 Å². The number of aryl methyl sites for hydroxylation is 2. The number of halogens is 1. The molecule has 0 bridgehead atoms. The summed E-state index contributed by atoms with van der Waals surface area (Å²) in [5.41, 5.74) is 4.89. The van der Waals surface area contributed by atoms with Crippen molar-refractivity contribution in [2.75, 3.05) is 61.1 Å². The van der Waals surface area contributed by atoms with Crippen molar-refractivity contribution in [3.05, 3.63) is 81.3 Å². The third-order valence-corrected chi connectivity index (χ3v) is 10.3. The first kappa shape index (κ1) is 30.0. The Hall–Kier alpha value is -4.39. The summed E-state index contributed by atoms with van der Waals surface area (Å²) in [5, 5.41) is 13.9. The molecule has 3 aromatic heterocycles. The molecule has 1 aromatic carbocycles. The maximum absolute atomic E-state index is 15.4. The average molecular weight is 642 g/mol. The van der Waals surface area contributed by atoms with E-state index in [0.717, 1.165) is 70.9 Å². The highest BCUT2D eigenvalue weighted by atomic mass is 19.1. The molecule has 8 rings (SSSR count). The van der Waals surface area contributed by atoms with Crippen molar-refractivity contribution in [1.29, 1.82) is 0 Å². The number of aliphatic hydroxyl groups excluding tert-OH is 1. The SMILES string of the molecule is Cn1cc(-c2cc(F)cc(N3CCn4c(cc5c4CCCC5)C3=O)c2CO)cc(Nc2ccc(N3CCN(C4COC4)CC3)[nH]2)c1=O. The summed E-state index contributed by atoms with van der Waals surface area (Å²) in [6.07, 6.45) is 5.80. The van der Waals surface area contributed by atoms with Crippen molar-refractivity contribution in [3.8, 4) is 11.1 Å². The number of aromatic nitrogens is 3. The van der Waals surface area contributed by atoms with Gasteiger partial charge in [0.25, 0.3) is 11.5 Å².